The molecule has 0 saturated heterocycles. The van der Waals surface area contributed by atoms with Crippen molar-refractivity contribution in [1.82, 2.24) is 14.9 Å². The summed E-state index contributed by atoms with van der Waals surface area (Å²) in [4.78, 5) is 4.07. The van der Waals surface area contributed by atoms with Crippen LogP contribution in [0.1, 0.15) is 52.4 Å². The molecule has 1 heterocycles. The van der Waals surface area contributed by atoms with Crippen LogP contribution in [0.5, 0.6) is 0 Å². The minimum Gasteiger partial charge on any atom is -0.337 e. The van der Waals surface area contributed by atoms with Crippen LogP contribution in [0.2, 0.25) is 0 Å². The summed E-state index contributed by atoms with van der Waals surface area (Å²) in [6.07, 6.45) is 14.0. The zero-order valence-electron chi connectivity index (χ0n) is 12.5. The van der Waals surface area contributed by atoms with E-state index in [2.05, 4.69) is 28.7 Å². The molecule has 0 radical (unpaired) electrons. The largest absolute Gasteiger partial charge is 0.337 e. The van der Waals surface area contributed by atoms with E-state index < -0.39 is 0 Å². The lowest BCUT2D eigenvalue weighted by Gasteiger charge is -2.19. The van der Waals surface area contributed by atoms with Gasteiger partial charge in [-0.15, -0.1) is 0 Å². The second-order valence-corrected chi connectivity index (χ2v) is 6.32. The number of nitrogens with one attached hydrogen (secondary N) is 1. The molecule has 1 aliphatic carbocycles. The van der Waals surface area contributed by atoms with Gasteiger partial charge >= 0.3 is 0 Å². The van der Waals surface area contributed by atoms with Gasteiger partial charge < -0.3 is 9.88 Å². The molecule has 1 N–H and O–H groups in total. The summed E-state index contributed by atoms with van der Waals surface area (Å²) in [5, 5.41) is 3.75. The number of hydrogen-bond donors (Lipinski definition) is 1. The second kappa shape index (κ2) is 7.68. The highest BCUT2D eigenvalue weighted by Gasteiger charge is 2.20. The monoisotopic (exact) mass is 263 g/mol. The van der Waals surface area contributed by atoms with Crippen molar-refractivity contribution >= 4 is 0 Å². The van der Waals surface area contributed by atoms with Crippen molar-refractivity contribution in [2.24, 2.45) is 11.8 Å². The van der Waals surface area contributed by atoms with Crippen molar-refractivity contribution in [2.75, 3.05) is 6.54 Å². The van der Waals surface area contributed by atoms with E-state index in [1.165, 1.54) is 38.5 Å². The average molecular weight is 263 g/mol. The van der Waals surface area contributed by atoms with Gasteiger partial charge in [0, 0.05) is 25.0 Å². The fourth-order valence-electron chi connectivity index (χ4n) is 3.19. The fourth-order valence-corrected chi connectivity index (χ4v) is 3.19. The van der Waals surface area contributed by atoms with Crippen molar-refractivity contribution in [1.29, 1.82) is 0 Å². The van der Waals surface area contributed by atoms with Crippen LogP contribution in [0.3, 0.4) is 0 Å². The van der Waals surface area contributed by atoms with E-state index in [9.17, 15) is 0 Å². The quantitative estimate of drug-likeness (QED) is 0.629. The Labute approximate surface area is 117 Å². The Bertz CT molecular complexity index is 332. The Hall–Kier alpha value is -0.830. The second-order valence-electron chi connectivity index (χ2n) is 6.32. The number of nitrogens with zero attached hydrogens (tertiary/aromatic N) is 2. The summed E-state index contributed by atoms with van der Waals surface area (Å²) in [6, 6.07) is 0.756. The molecule has 0 aromatic carbocycles. The fraction of sp³-hybridized carbons (Fsp3) is 0.812. The van der Waals surface area contributed by atoms with Crippen LogP contribution >= 0.6 is 0 Å². The maximum Gasteiger partial charge on any atom is 0.0945 e. The molecule has 2 rings (SSSR count). The van der Waals surface area contributed by atoms with Crippen molar-refractivity contribution < 1.29 is 0 Å². The molecular weight excluding hydrogens is 234 g/mol. The first kappa shape index (κ1) is 14.6. The molecule has 0 bridgehead atoms. The van der Waals surface area contributed by atoms with E-state index >= 15 is 0 Å². The highest BCUT2D eigenvalue weighted by Crippen LogP contribution is 2.28. The Kier molecular flexibility index (Phi) is 5.90. The van der Waals surface area contributed by atoms with Crippen LogP contribution < -0.4 is 5.32 Å². The van der Waals surface area contributed by atoms with E-state index in [-0.39, 0.29) is 0 Å². The molecule has 2 unspecified atom stereocenters. The van der Waals surface area contributed by atoms with Crippen molar-refractivity contribution in [3.8, 4) is 0 Å². The van der Waals surface area contributed by atoms with Crippen LogP contribution in [0.15, 0.2) is 18.7 Å². The van der Waals surface area contributed by atoms with Crippen LogP contribution in [-0.2, 0) is 6.54 Å². The lowest BCUT2D eigenvalue weighted by atomic mass is 9.89. The summed E-state index contributed by atoms with van der Waals surface area (Å²) in [7, 11) is 0. The number of aromatic nitrogens is 2. The van der Waals surface area contributed by atoms with Gasteiger partial charge in [-0.05, 0) is 44.1 Å². The van der Waals surface area contributed by atoms with Crippen molar-refractivity contribution in [2.45, 2.75) is 65.0 Å². The average Bonchev–Trinajstić information content (AvgIpc) is 2.79. The van der Waals surface area contributed by atoms with Crippen molar-refractivity contribution in [3.05, 3.63) is 18.7 Å². The van der Waals surface area contributed by atoms with Gasteiger partial charge in [0.2, 0.25) is 0 Å². The van der Waals surface area contributed by atoms with Crippen LogP contribution in [0.25, 0.3) is 0 Å². The standard InChI is InChI=1S/C16H29N3/c1-14(2)15-5-3-6-16(8-7-15)18-9-4-11-19-12-10-17-13-19/h10,12-16,18H,3-9,11H2,1-2H3. The molecule has 2 atom stereocenters. The van der Waals surface area contributed by atoms with E-state index in [4.69, 9.17) is 0 Å². The highest BCUT2D eigenvalue weighted by molar-refractivity contribution is 4.77. The zero-order valence-corrected chi connectivity index (χ0v) is 12.5. The van der Waals surface area contributed by atoms with Gasteiger partial charge in [-0.2, -0.15) is 0 Å². The van der Waals surface area contributed by atoms with Gasteiger partial charge in [0.15, 0.2) is 0 Å². The van der Waals surface area contributed by atoms with Gasteiger partial charge in [-0.25, -0.2) is 4.98 Å². The first-order valence-electron chi connectivity index (χ1n) is 7.95. The van der Waals surface area contributed by atoms with Crippen LogP contribution in [-0.4, -0.2) is 22.1 Å². The smallest absolute Gasteiger partial charge is 0.0945 e. The molecule has 1 saturated carbocycles. The molecule has 3 nitrogen and oxygen atoms in total. The summed E-state index contributed by atoms with van der Waals surface area (Å²) >= 11 is 0. The molecule has 1 aromatic rings. The number of aryl methyl sites for hydroxylation is 1. The molecule has 0 spiro atoms. The van der Waals surface area contributed by atoms with Crippen LogP contribution in [0, 0.1) is 11.8 Å². The lowest BCUT2D eigenvalue weighted by molar-refractivity contribution is 0.337. The van der Waals surface area contributed by atoms with Gasteiger partial charge in [0.1, 0.15) is 0 Å². The maximum absolute atomic E-state index is 4.07. The first-order chi connectivity index (χ1) is 9.25. The molecule has 3 heteroatoms. The molecule has 1 fully saturated rings. The minimum atomic E-state index is 0.756. The summed E-state index contributed by atoms with van der Waals surface area (Å²) in [6.45, 7) is 6.97. The molecular formula is C16H29N3. The van der Waals surface area contributed by atoms with Gasteiger partial charge in [0.05, 0.1) is 6.33 Å². The van der Waals surface area contributed by atoms with E-state index in [1.807, 2.05) is 18.7 Å². The SMILES string of the molecule is CC(C)C1CCCC(NCCCn2ccnc2)CC1. The number of rotatable bonds is 6. The molecule has 0 aliphatic heterocycles. The third kappa shape index (κ3) is 4.98. The Morgan fingerprint density at radius 2 is 2.16 bits per heavy atom. The summed E-state index contributed by atoms with van der Waals surface area (Å²) in [5.74, 6) is 1.82. The summed E-state index contributed by atoms with van der Waals surface area (Å²) in [5.41, 5.74) is 0. The first-order valence-corrected chi connectivity index (χ1v) is 7.95. The van der Waals surface area contributed by atoms with E-state index in [0.29, 0.717) is 0 Å². The normalized spacial score (nSPS) is 24.6. The van der Waals surface area contributed by atoms with Gasteiger partial charge in [-0.1, -0.05) is 26.7 Å². The molecule has 108 valence electrons. The topological polar surface area (TPSA) is 29.9 Å². The summed E-state index contributed by atoms with van der Waals surface area (Å²) < 4.78 is 2.16. The van der Waals surface area contributed by atoms with Gasteiger partial charge in [-0.3, -0.25) is 0 Å². The molecule has 19 heavy (non-hydrogen) atoms. The van der Waals surface area contributed by atoms with Crippen molar-refractivity contribution in [3.63, 3.8) is 0 Å². The molecule has 1 aromatic heterocycles. The molecule has 1 aliphatic rings. The van der Waals surface area contributed by atoms with E-state index in [0.717, 1.165) is 31.0 Å². The maximum atomic E-state index is 4.07. The van der Waals surface area contributed by atoms with Gasteiger partial charge in [0.25, 0.3) is 0 Å². The lowest BCUT2D eigenvalue weighted by Crippen LogP contribution is -2.30. The predicted octanol–water partition coefficient (Wildman–Crippen LogP) is 3.47. The molecule has 0 amide bonds. The van der Waals surface area contributed by atoms with Crippen LogP contribution in [0.4, 0.5) is 0 Å². The minimum absolute atomic E-state index is 0.756. The Morgan fingerprint density at radius 1 is 1.26 bits per heavy atom. The Morgan fingerprint density at radius 3 is 2.89 bits per heavy atom. The number of hydrogen-bond acceptors (Lipinski definition) is 2. The number of imidazole rings is 1. The third-order valence-corrected chi connectivity index (χ3v) is 4.54. The van der Waals surface area contributed by atoms with E-state index in [1.54, 1.807) is 0 Å². The zero-order chi connectivity index (χ0) is 13.5. The Balaban J connectivity index is 1.61. The highest BCUT2D eigenvalue weighted by atomic mass is 15.0. The third-order valence-electron chi connectivity index (χ3n) is 4.54. The predicted molar refractivity (Wildman–Crippen MR) is 80.0 cm³/mol.